The highest BCUT2D eigenvalue weighted by Gasteiger charge is 2.32. The molecule has 0 bridgehead atoms. The molecule has 0 aromatic heterocycles. The van der Waals surface area contributed by atoms with Gasteiger partial charge in [-0.3, -0.25) is 14.9 Å². The predicted octanol–water partition coefficient (Wildman–Crippen LogP) is 2.30. The predicted molar refractivity (Wildman–Crippen MR) is 85.1 cm³/mol. The lowest BCUT2D eigenvalue weighted by Gasteiger charge is -2.10. The fraction of sp³-hybridized carbons (Fsp3) is 0.462. The van der Waals surface area contributed by atoms with Crippen LogP contribution >= 0.6 is 12.4 Å². The van der Waals surface area contributed by atoms with Crippen molar-refractivity contribution < 1.29 is 22.9 Å². The van der Waals surface area contributed by atoms with E-state index in [0.717, 1.165) is 12.1 Å². The van der Waals surface area contributed by atoms with E-state index in [0.29, 0.717) is 25.6 Å². The zero-order chi connectivity index (χ0) is 17.5. The van der Waals surface area contributed by atoms with Crippen molar-refractivity contribution in [1.29, 1.82) is 0 Å². The Labute approximate surface area is 142 Å². The highest BCUT2D eigenvalue weighted by molar-refractivity contribution is 5.85. The number of halogens is 4. The summed E-state index contributed by atoms with van der Waals surface area (Å²) in [5, 5.41) is 16.1. The molecule has 24 heavy (non-hydrogen) atoms. The number of rotatable bonds is 8. The highest BCUT2D eigenvalue weighted by atomic mass is 35.5. The van der Waals surface area contributed by atoms with Crippen LogP contribution in [0.1, 0.15) is 18.4 Å². The number of alkyl halides is 3. The minimum atomic E-state index is -4.66. The van der Waals surface area contributed by atoms with E-state index in [2.05, 4.69) is 10.6 Å². The Balaban J connectivity index is 0.00000529. The summed E-state index contributed by atoms with van der Waals surface area (Å²) in [5.74, 6) is -0.277. The summed E-state index contributed by atoms with van der Waals surface area (Å²) in [7, 11) is 0. The number of carbonyl (C=O) groups excluding carboxylic acids is 1. The van der Waals surface area contributed by atoms with Gasteiger partial charge in [-0.25, -0.2) is 0 Å². The first-order chi connectivity index (χ1) is 10.8. The van der Waals surface area contributed by atoms with Crippen molar-refractivity contribution in [2.45, 2.75) is 19.0 Å². The van der Waals surface area contributed by atoms with E-state index in [4.69, 9.17) is 5.73 Å². The topological polar surface area (TPSA) is 110 Å². The molecule has 1 rings (SSSR count). The molecule has 0 fully saturated rings. The molecule has 0 atom stereocenters. The third kappa shape index (κ3) is 7.01. The van der Waals surface area contributed by atoms with Crippen LogP contribution in [0.5, 0.6) is 0 Å². The fourth-order valence-electron chi connectivity index (χ4n) is 1.74. The smallest absolute Gasteiger partial charge is 0.379 e. The average Bonchev–Trinajstić information content (AvgIpc) is 2.46. The number of hydrogen-bond acceptors (Lipinski definition) is 5. The molecule has 0 radical (unpaired) electrons. The maximum Gasteiger partial charge on any atom is 0.416 e. The van der Waals surface area contributed by atoms with Gasteiger partial charge < -0.3 is 16.4 Å². The van der Waals surface area contributed by atoms with Crippen molar-refractivity contribution in [2.24, 2.45) is 5.73 Å². The van der Waals surface area contributed by atoms with Gasteiger partial charge in [-0.2, -0.15) is 13.2 Å². The Kier molecular flexibility index (Phi) is 9.08. The lowest BCUT2D eigenvalue weighted by Crippen LogP contribution is -2.27. The molecule has 0 spiro atoms. The van der Waals surface area contributed by atoms with Crippen LogP contribution in [0.4, 0.5) is 24.5 Å². The molecule has 0 aliphatic carbocycles. The van der Waals surface area contributed by atoms with Crippen LogP contribution in [0, 0.1) is 10.1 Å². The first-order valence-corrected chi connectivity index (χ1v) is 6.82. The van der Waals surface area contributed by atoms with Crippen molar-refractivity contribution in [1.82, 2.24) is 5.32 Å². The third-order valence-electron chi connectivity index (χ3n) is 2.89. The van der Waals surface area contributed by atoms with Crippen molar-refractivity contribution in [2.75, 3.05) is 25.0 Å². The summed E-state index contributed by atoms with van der Waals surface area (Å²) >= 11 is 0. The van der Waals surface area contributed by atoms with E-state index in [1.54, 1.807) is 0 Å². The summed E-state index contributed by atoms with van der Waals surface area (Å²) in [6.07, 6.45) is -4.00. The van der Waals surface area contributed by atoms with Gasteiger partial charge in [0.25, 0.3) is 5.69 Å². The molecule has 1 aromatic carbocycles. The largest absolute Gasteiger partial charge is 0.416 e. The Hall–Kier alpha value is -2.07. The van der Waals surface area contributed by atoms with Crippen LogP contribution in [0.25, 0.3) is 0 Å². The van der Waals surface area contributed by atoms with Crippen LogP contribution in [0.15, 0.2) is 18.2 Å². The van der Waals surface area contributed by atoms with Gasteiger partial charge in [-0.05, 0) is 25.1 Å². The number of carbonyl (C=O) groups is 1. The summed E-state index contributed by atoms with van der Waals surface area (Å²) in [4.78, 5) is 21.4. The molecule has 136 valence electrons. The van der Waals surface area contributed by atoms with Gasteiger partial charge >= 0.3 is 6.18 Å². The Morgan fingerprint density at radius 2 is 1.96 bits per heavy atom. The second kappa shape index (κ2) is 9.93. The molecular weight excluding hydrogens is 353 g/mol. The van der Waals surface area contributed by atoms with Gasteiger partial charge in [-0.1, -0.05) is 0 Å². The van der Waals surface area contributed by atoms with Gasteiger partial charge in [0, 0.05) is 25.6 Å². The molecule has 0 saturated heterocycles. The normalized spacial score (nSPS) is 10.7. The molecule has 0 saturated carbocycles. The highest BCUT2D eigenvalue weighted by Crippen LogP contribution is 2.34. The van der Waals surface area contributed by atoms with Crippen molar-refractivity contribution in [3.63, 3.8) is 0 Å². The molecule has 7 nitrogen and oxygen atoms in total. The molecule has 11 heteroatoms. The summed E-state index contributed by atoms with van der Waals surface area (Å²) in [6, 6.07) is 2.19. The molecular formula is C13H18ClF3N4O3. The first-order valence-electron chi connectivity index (χ1n) is 6.82. The van der Waals surface area contributed by atoms with Crippen LogP contribution in [0.2, 0.25) is 0 Å². The number of nitro groups is 1. The first kappa shape index (κ1) is 21.9. The monoisotopic (exact) mass is 370 g/mol. The Bertz CT molecular complexity index is 570. The number of anilines is 1. The fourth-order valence-corrected chi connectivity index (χ4v) is 1.74. The quantitative estimate of drug-likeness (QED) is 0.369. The Morgan fingerprint density at radius 1 is 1.29 bits per heavy atom. The maximum absolute atomic E-state index is 12.6. The number of nitrogens with one attached hydrogen (secondary N) is 2. The zero-order valence-electron chi connectivity index (χ0n) is 12.6. The van der Waals surface area contributed by atoms with E-state index >= 15 is 0 Å². The summed E-state index contributed by atoms with van der Waals surface area (Å²) in [5.41, 5.74) is 3.41. The molecule has 0 aliphatic rings. The second-order valence-electron chi connectivity index (χ2n) is 4.66. The van der Waals surface area contributed by atoms with Gasteiger partial charge in [0.1, 0.15) is 5.69 Å². The van der Waals surface area contributed by atoms with E-state index in [1.165, 1.54) is 0 Å². The van der Waals surface area contributed by atoms with Crippen LogP contribution in [-0.2, 0) is 11.0 Å². The van der Waals surface area contributed by atoms with Crippen molar-refractivity contribution in [3.05, 3.63) is 33.9 Å². The zero-order valence-corrected chi connectivity index (χ0v) is 13.4. The molecule has 0 heterocycles. The number of nitro benzene ring substituents is 1. The lowest BCUT2D eigenvalue weighted by molar-refractivity contribution is -0.384. The lowest BCUT2D eigenvalue weighted by atomic mass is 10.1. The Morgan fingerprint density at radius 3 is 2.50 bits per heavy atom. The van der Waals surface area contributed by atoms with Gasteiger partial charge in [-0.15, -0.1) is 12.4 Å². The number of nitrogens with two attached hydrogens (primary N) is 1. The number of hydrogen-bond donors (Lipinski definition) is 3. The minimum absolute atomic E-state index is 0. The second-order valence-corrected chi connectivity index (χ2v) is 4.66. The van der Waals surface area contributed by atoms with E-state index in [1.807, 2.05) is 0 Å². The number of nitrogens with zero attached hydrogens (tertiary/aromatic N) is 1. The van der Waals surface area contributed by atoms with Crippen LogP contribution in [-0.4, -0.2) is 30.5 Å². The van der Waals surface area contributed by atoms with Gasteiger partial charge in [0.15, 0.2) is 0 Å². The molecule has 1 aromatic rings. The maximum atomic E-state index is 12.6. The van der Waals surface area contributed by atoms with Gasteiger partial charge in [0.2, 0.25) is 5.91 Å². The molecule has 1 amide bonds. The van der Waals surface area contributed by atoms with Crippen molar-refractivity contribution in [3.8, 4) is 0 Å². The van der Waals surface area contributed by atoms with E-state index < -0.39 is 22.4 Å². The minimum Gasteiger partial charge on any atom is -0.379 e. The standard InChI is InChI=1S/C13H17F3N4O3.ClH/c14-13(15,16)9-2-3-10(11(8-9)20(22)23)18-7-4-12(21)19-6-1-5-17;/h2-3,8,18H,1,4-7,17H2,(H,19,21);1H. The molecule has 0 unspecified atom stereocenters. The van der Waals surface area contributed by atoms with Crippen molar-refractivity contribution >= 4 is 29.7 Å². The number of amides is 1. The number of benzene rings is 1. The van der Waals surface area contributed by atoms with E-state index in [9.17, 15) is 28.1 Å². The van der Waals surface area contributed by atoms with Crippen LogP contribution in [0.3, 0.4) is 0 Å². The summed E-state index contributed by atoms with van der Waals surface area (Å²) in [6.45, 7) is 0.923. The van der Waals surface area contributed by atoms with Crippen LogP contribution < -0.4 is 16.4 Å². The molecule has 0 aliphatic heterocycles. The SMILES string of the molecule is Cl.NCCCNC(=O)CCNc1ccc(C(F)(F)F)cc1[N+](=O)[O-]. The molecule has 4 N–H and O–H groups in total. The third-order valence-corrected chi connectivity index (χ3v) is 2.89. The van der Waals surface area contributed by atoms with Gasteiger partial charge in [0.05, 0.1) is 10.5 Å². The average molecular weight is 371 g/mol. The summed E-state index contributed by atoms with van der Waals surface area (Å²) < 4.78 is 37.7. The van der Waals surface area contributed by atoms with E-state index in [-0.39, 0.29) is 37.0 Å².